The number of hydrogen-bond donors (Lipinski definition) is 1. The maximum absolute atomic E-state index is 14.2. The molecule has 0 aliphatic rings. The number of benzene rings is 3. The predicted molar refractivity (Wildman–Crippen MR) is 163 cm³/mol. The summed E-state index contributed by atoms with van der Waals surface area (Å²) >= 11 is 6.29. The lowest BCUT2D eigenvalue weighted by molar-refractivity contribution is -0.140. The van der Waals surface area contributed by atoms with Gasteiger partial charge in [0, 0.05) is 18.1 Å². The zero-order valence-electron chi connectivity index (χ0n) is 24.2. The van der Waals surface area contributed by atoms with E-state index in [2.05, 4.69) is 5.32 Å². The summed E-state index contributed by atoms with van der Waals surface area (Å²) in [5.41, 5.74) is 2.88. The van der Waals surface area contributed by atoms with E-state index >= 15 is 0 Å². The van der Waals surface area contributed by atoms with E-state index in [9.17, 15) is 18.0 Å². The van der Waals surface area contributed by atoms with E-state index in [0.29, 0.717) is 13.0 Å². The minimum absolute atomic E-state index is 0.00995. The SMILES string of the molecule is CCCNC(=O)[C@@H](CC)N(Cc1ccc(C)cc1)C(=O)CN(c1cc(Cl)ccc1OC)S(=O)(=O)c1ccc(C)cc1. The van der Waals surface area contributed by atoms with Crippen LogP contribution < -0.4 is 14.4 Å². The number of rotatable bonds is 13. The Morgan fingerprint density at radius 1 is 0.951 bits per heavy atom. The van der Waals surface area contributed by atoms with Gasteiger partial charge < -0.3 is 15.0 Å². The lowest BCUT2D eigenvalue weighted by Crippen LogP contribution is -2.52. The minimum atomic E-state index is -4.25. The summed E-state index contributed by atoms with van der Waals surface area (Å²) in [6.45, 7) is 7.62. The zero-order valence-corrected chi connectivity index (χ0v) is 25.8. The number of methoxy groups -OCH3 is 1. The van der Waals surface area contributed by atoms with Crippen LogP contribution in [0.3, 0.4) is 0 Å². The molecule has 3 aromatic rings. The van der Waals surface area contributed by atoms with E-state index in [1.54, 1.807) is 24.3 Å². The Balaban J connectivity index is 2.11. The second-order valence-electron chi connectivity index (χ2n) is 9.86. The van der Waals surface area contributed by atoms with E-state index < -0.39 is 28.5 Å². The Morgan fingerprint density at radius 2 is 1.56 bits per heavy atom. The summed E-state index contributed by atoms with van der Waals surface area (Å²) < 4.78 is 34.6. The van der Waals surface area contributed by atoms with Crippen LogP contribution in [0.5, 0.6) is 5.75 Å². The molecule has 3 rings (SSSR count). The Hall–Kier alpha value is -3.56. The number of nitrogens with zero attached hydrogens (tertiary/aromatic N) is 2. The first kappa shape index (κ1) is 32.0. The number of ether oxygens (including phenoxy) is 1. The maximum atomic E-state index is 14.2. The minimum Gasteiger partial charge on any atom is -0.495 e. The van der Waals surface area contributed by atoms with Gasteiger partial charge in [-0.3, -0.25) is 13.9 Å². The first-order chi connectivity index (χ1) is 19.5. The average Bonchev–Trinajstić information content (AvgIpc) is 2.95. The van der Waals surface area contributed by atoms with Gasteiger partial charge in [-0.2, -0.15) is 0 Å². The molecule has 0 bridgehead atoms. The Morgan fingerprint density at radius 3 is 2.12 bits per heavy atom. The quantitative estimate of drug-likeness (QED) is 0.280. The monoisotopic (exact) mass is 599 g/mol. The third-order valence-electron chi connectivity index (χ3n) is 6.71. The highest BCUT2D eigenvalue weighted by Crippen LogP contribution is 2.35. The fourth-order valence-corrected chi connectivity index (χ4v) is 5.97. The summed E-state index contributed by atoms with van der Waals surface area (Å²) in [5.74, 6) is -0.597. The smallest absolute Gasteiger partial charge is 0.264 e. The van der Waals surface area contributed by atoms with Crippen molar-refractivity contribution in [1.29, 1.82) is 0 Å². The second-order valence-corrected chi connectivity index (χ2v) is 12.2. The Kier molecular flexibility index (Phi) is 11.2. The fourth-order valence-electron chi connectivity index (χ4n) is 4.38. The van der Waals surface area contributed by atoms with Crippen molar-refractivity contribution in [3.05, 3.63) is 88.4 Å². The van der Waals surface area contributed by atoms with E-state index in [-0.39, 0.29) is 33.8 Å². The molecule has 2 amide bonds. The van der Waals surface area contributed by atoms with E-state index in [4.69, 9.17) is 16.3 Å². The van der Waals surface area contributed by atoms with Crippen LogP contribution in [-0.4, -0.2) is 51.4 Å². The zero-order chi connectivity index (χ0) is 30.2. The molecule has 0 aliphatic carbocycles. The molecule has 10 heteroatoms. The van der Waals surface area contributed by atoms with Crippen molar-refractivity contribution < 1.29 is 22.7 Å². The molecule has 0 saturated carbocycles. The van der Waals surface area contributed by atoms with Gasteiger partial charge in [0.05, 0.1) is 17.7 Å². The van der Waals surface area contributed by atoms with E-state index in [1.165, 1.54) is 30.2 Å². The fraction of sp³-hybridized carbons (Fsp3) is 0.355. The van der Waals surface area contributed by atoms with Gasteiger partial charge >= 0.3 is 0 Å². The van der Waals surface area contributed by atoms with Crippen molar-refractivity contribution in [2.24, 2.45) is 0 Å². The molecular weight excluding hydrogens is 562 g/mol. The largest absolute Gasteiger partial charge is 0.495 e. The van der Waals surface area contributed by atoms with Crippen LogP contribution in [0.25, 0.3) is 0 Å². The van der Waals surface area contributed by atoms with Crippen molar-refractivity contribution in [3.8, 4) is 5.75 Å². The van der Waals surface area contributed by atoms with Crippen LogP contribution in [-0.2, 0) is 26.2 Å². The highest BCUT2D eigenvalue weighted by molar-refractivity contribution is 7.92. The summed E-state index contributed by atoms with van der Waals surface area (Å²) in [4.78, 5) is 28.8. The van der Waals surface area contributed by atoms with Crippen LogP contribution in [0, 0.1) is 13.8 Å². The third kappa shape index (κ3) is 8.01. The van der Waals surface area contributed by atoms with Crippen molar-refractivity contribution in [2.75, 3.05) is 24.5 Å². The molecule has 0 aromatic heterocycles. The van der Waals surface area contributed by atoms with Gasteiger partial charge in [0.2, 0.25) is 11.8 Å². The topological polar surface area (TPSA) is 96.0 Å². The van der Waals surface area contributed by atoms with Gasteiger partial charge in [-0.1, -0.05) is 73.0 Å². The van der Waals surface area contributed by atoms with Gasteiger partial charge in [0.25, 0.3) is 10.0 Å². The van der Waals surface area contributed by atoms with Crippen molar-refractivity contribution in [2.45, 2.75) is 58.0 Å². The van der Waals surface area contributed by atoms with Gasteiger partial charge in [-0.15, -0.1) is 0 Å². The summed E-state index contributed by atoms with van der Waals surface area (Å²) in [5, 5.41) is 3.16. The summed E-state index contributed by atoms with van der Waals surface area (Å²) in [6.07, 6.45) is 1.09. The number of anilines is 1. The summed E-state index contributed by atoms with van der Waals surface area (Å²) in [7, 11) is -2.83. The normalized spacial score (nSPS) is 12.0. The van der Waals surface area contributed by atoms with Crippen molar-refractivity contribution >= 4 is 39.1 Å². The highest BCUT2D eigenvalue weighted by atomic mass is 35.5. The van der Waals surface area contributed by atoms with Gasteiger partial charge in [0.15, 0.2) is 0 Å². The molecule has 0 saturated heterocycles. The number of aryl methyl sites for hydroxylation is 2. The number of nitrogens with one attached hydrogen (secondary N) is 1. The third-order valence-corrected chi connectivity index (χ3v) is 8.72. The lowest BCUT2D eigenvalue weighted by Gasteiger charge is -2.33. The van der Waals surface area contributed by atoms with Crippen LogP contribution >= 0.6 is 11.6 Å². The van der Waals surface area contributed by atoms with Crippen molar-refractivity contribution in [3.63, 3.8) is 0 Å². The van der Waals surface area contributed by atoms with Gasteiger partial charge in [0.1, 0.15) is 18.3 Å². The molecule has 1 atom stereocenters. The predicted octanol–water partition coefficient (Wildman–Crippen LogP) is 5.49. The molecule has 8 nitrogen and oxygen atoms in total. The molecule has 0 unspecified atom stereocenters. The maximum Gasteiger partial charge on any atom is 0.264 e. The highest BCUT2D eigenvalue weighted by Gasteiger charge is 2.34. The lowest BCUT2D eigenvalue weighted by atomic mass is 10.1. The van der Waals surface area contributed by atoms with E-state index in [1.807, 2.05) is 52.0 Å². The van der Waals surface area contributed by atoms with Crippen LogP contribution in [0.15, 0.2) is 71.6 Å². The van der Waals surface area contributed by atoms with Crippen LogP contribution in [0.1, 0.15) is 43.4 Å². The number of carbonyl (C=O) groups is 2. The molecule has 0 spiro atoms. The first-order valence-electron chi connectivity index (χ1n) is 13.6. The van der Waals surface area contributed by atoms with Gasteiger partial charge in [-0.25, -0.2) is 8.42 Å². The first-order valence-corrected chi connectivity index (χ1v) is 15.4. The molecule has 0 fully saturated rings. The summed E-state index contributed by atoms with van der Waals surface area (Å²) in [6, 6.07) is 17.8. The molecule has 3 aromatic carbocycles. The molecule has 0 radical (unpaired) electrons. The number of sulfonamides is 1. The molecule has 1 N–H and O–H groups in total. The molecule has 0 aliphatic heterocycles. The molecule has 41 heavy (non-hydrogen) atoms. The van der Waals surface area contributed by atoms with Crippen molar-refractivity contribution in [1.82, 2.24) is 10.2 Å². The van der Waals surface area contributed by atoms with Crippen LogP contribution in [0.4, 0.5) is 5.69 Å². The molecule has 0 heterocycles. The molecular formula is C31H38ClN3O5S. The number of hydrogen-bond acceptors (Lipinski definition) is 5. The number of carbonyl (C=O) groups excluding carboxylic acids is 2. The average molecular weight is 600 g/mol. The Bertz CT molecular complexity index is 1440. The Labute approximate surface area is 248 Å². The molecule has 220 valence electrons. The van der Waals surface area contributed by atoms with Gasteiger partial charge in [-0.05, 0) is 62.6 Å². The standard InChI is InChI=1S/C31H38ClN3O5S/c1-6-18-33-31(37)27(7-2)34(20-24-12-8-22(3)9-13-24)30(36)21-35(28-19-25(32)14-17-29(28)40-5)41(38,39)26-15-10-23(4)11-16-26/h8-17,19,27H,6-7,18,20-21H2,1-5H3,(H,33,37)/t27-/m1/s1. The number of amides is 2. The van der Waals surface area contributed by atoms with E-state index in [0.717, 1.165) is 27.4 Å². The number of halogens is 1. The second kappa shape index (κ2) is 14.4. The van der Waals surface area contributed by atoms with Crippen LogP contribution in [0.2, 0.25) is 5.02 Å².